The van der Waals surface area contributed by atoms with E-state index in [-0.39, 0.29) is 16.7 Å². The van der Waals surface area contributed by atoms with Crippen LogP contribution in [0, 0.1) is 0 Å². The van der Waals surface area contributed by atoms with Crippen molar-refractivity contribution >= 4 is 34.0 Å². The van der Waals surface area contributed by atoms with Gasteiger partial charge >= 0.3 is 0 Å². The zero-order chi connectivity index (χ0) is 25.6. The molecule has 3 aromatic carbocycles. The van der Waals surface area contributed by atoms with Crippen LogP contribution < -0.4 is 9.64 Å². The van der Waals surface area contributed by atoms with Gasteiger partial charge in [0.05, 0.1) is 18.7 Å². The number of methoxy groups -OCH3 is 1. The highest BCUT2D eigenvalue weighted by molar-refractivity contribution is 6.51. The number of carbonyl (C=O) groups excluding carboxylic acids is 2. The minimum atomic E-state index is -0.801. The number of ether oxygens (including phenoxy) is 1. The number of Topliss-reactive ketones (excluding diaryl/α,β-unsaturated/α-hetero) is 1. The summed E-state index contributed by atoms with van der Waals surface area (Å²) in [7, 11) is 1.58. The minimum Gasteiger partial charge on any atom is -0.507 e. The average molecular weight is 481 g/mol. The van der Waals surface area contributed by atoms with Gasteiger partial charge < -0.3 is 14.8 Å². The lowest BCUT2D eigenvalue weighted by molar-refractivity contribution is -0.132. The van der Waals surface area contributed by atoms with Crippen LogP contribution in [-0.4, -0.2) is 28.9 Å². The molecule has 0 saturated carbocycles. The molecule has 4 aromatic rings. The molecule has 1 aliphatic rings. The molecule has 36 heavy (non-hydrogen) atoms. The van der Waals surface area contributed by atoms with Crippen LogP contribution in [0.3, 0.4) is 0 Å². The zero-order valence-electron chi connectivity index (χ0n) is 20.7. The number of para-hydroxylation sites is 1. The van der Waals surface area contributed by atoms with Gasteiger partial charge in [-0.05, 0) is 46.9 Å². The summed E-state index contributed by atoms with van der Waals surface area (Å²) in [6, 6.07) is 21.6. The number of aliphatic hydroxyl groups excluding tert-OH is 1. The standard InChI is InChI=1S/C30H28N2O4/c1-30(2,3)19-11-13-20(14-12-19)32-26(18-9-15-21(36-4)16-10-18)25(28(34)29(32)35)27(33)23-17-31-24-8-6-5-7-22(23)24/h5-17,26,31,33H,1-4H3/b27-25-. The Bertz CT molecular complexity index is 1490. The lowest BCUT2D eigenvalue weighted by Gasteiger charge is -2.26. The third-order valence-electron chi connectivity index (χ3n) is 6.73. The first-order chi connectivity index (χ1) is 17.2. The fourth-order valence-corrected chi connectivity index (χ4v) is 4.73. The van der Waals surface area contributed by atoms with E-state index >= 15 is 0 Å². The van der Waals surface area contributed by atoms with Gasteiger partial charge in [0.15, 0.2) is 0 Å². The minimum absolute atomic E-state index is 0.0508. The second kappa shape index (κ2) is 8.72. The Morgan fingerprint density at radius 3 is 2.25 bits per heavy atom. The van der Waals surface area contributed by atoms with Gasteiger partial charge in [0.2, 0.25) is 0 Å². The smallest absolute Gasteiger partial charge is 0.300 e. The summed E-state index contributed by atoms with van der Waals surface area (Å²) in [4.78, 5) is 31.5. The molecule has 2 N–H and O–H groups in total. The van der Waals surface area contributed by atoms with Crippen LogP contribution in [0.15, 0.2) is 84.6 Å². The highest BCUT2D eigenvalue weighted by Crippen LogP contribution is 2.43. The number of aliphatic hydroxyl groups is 1. The van der Waals surface area contributed by atoms with Gasteiger partial charge in [-0.3, -0.25) is 14.5 Å². The topological polar surface area (TPSA) is 82.6 Å². The number of aromatic nitrogens is 1. The van der Waals surface area contributed by atoms with Crippen molar-refractivity contribution in [2.24, 2.45) is 0 Å². The molecular weight excluding hydrogens is 452 g/mol. The van der Waals surface area contributed by atoms with Crippen LogP contribution in [0.25, 0.3) is 16.7 Å². The maximum absolute atomic E-state index is 13.5. The number of rotatable bonds is 4. The average Bonchev–Trinajstić information content (AvgIpc) is 3.42. The Morgan fingerprint density at radius 2 is 1.61 bits per heavy atom. The molecule has 1 saturated heterocycles. The summed E-state index contributed by atoms with van der Waals surface area (Å²) < 4.78 is 5.30. The van der Waals surface area contributed by atoms with Crippen LogP contribution in [0.5, 0.6) is 5.75 Å². The van der Waals surface area contributed by atoms with Crippen molar-refractivity contribution in [2.75, 3.05) is 12.0 Å². The number of anilines is 1. The Balaban J connectivity index is 1.70. The SMILES string of the molecule is COc1ccc(C2/C(=C(/O)c3c[nH]c4ccccc34)C(=O)C(=O)N2c2ccc(C(C)(C)C)cc2)cc1. The van der Waals surface area contributed by atoms with E-state index in [0.717, 1.165) is 16.5 Å². The largest absolute Gasteiger partial charge is 0.507 e. The van der Waals surface area contributed by atoms with Crippen LogP contribution in [-0.2, 0) is 15.0 Å². The van der Waals surface area contributed by atoms with Crippen molar-refractivity contribution in [3.05, 3.63) is 101 Å². The molecule has 6 heteroatoms. The lowest BCUT2D eigenvalue weighted by Crippen LogP contribution is -2.29. The predicted molar refractivity (Wildman–Crippen MR) is 141 cm³/mol. The second-order valence-corrected chi connectivity index (χ2v) is 9.99. The van der Waals surface area contributed by atoms with Crippen molar-refractivity contribution < 1.29 is 19.4 Å². The number of aromatic amines is 1. The van der Waals surface area contributed by atoms with Gasteiger partial charge in [0.1, 0.15) is 11.5 Å². The highest BCUT2D eigenvalue weighted by Gasteiger charge is 2.47. The van der Waals surface area contributed by atoms with E-state index in [2.05, 4.69) is 25.8 Å². The number of carbonyl (C=O) groups is 2. The summed E-state index contributed by atoms with van der Waals surface area (Å²) in [6.07, 6.45) is 1.66. The molecule has 1 aromatic heterocycles. The van der Waals surface area contributed by atoms with Gasteiger partial charge in [0, 0.05) is 28.4 Å². The molecule has 6 nitrogen and oxygen atoms in total. The van der Waals surface area contributed by atoms with Gasteiger partial charge in [0.25, 0.3) is 11.7 Å². The van der Waals surface area contributed by atoms with Crippen molar-refractivity contribution in [1.29, 1.82) is 0 Å². The summed E-state index contributed by atoms with van der Waals surface area (Å²) in [6.45, 7) is 6.35. The first-order valence-corrected chi connectivity index (χ1v) is 11.8. The van der Waals surface area contributed by atoms with Crippen molar-refractivity contribution in [1.82, 2.24) is 4.98 Å². The molecule has 0 spiro atoms. The molecule has 0 bridgehead atoms. The Labute approximate surface area is 209 Å². The Hall–Kier alpha value is -4.32. The van der Waals surface area contributed by atoms with Crippen molar-refractivity contribution in [3.63, 3.8) is 0 Å². The quantitative estimate of drug-likeness (QED) is 0.210. The third kappa shape index (κ3) is 3.85. The van der Waals surface area contributed by atoms with Gasteiger partial charge in [-0.25, -0.2) is 0 Å². The van der Waals surface area contributed by atoms with E-state index < -0.39 is 17.7 Å². The Kier molecular flexibility index (Phi) is 5.67. The molecular formula is C30H28N2O4. The maximum Gasteiger partial charge on any atom is 0.300 e. The number of amides is 1. The molecule has 0 aliphatic carbocycles. The number of ketones is 1. The monoisotopic (exact) mass is 480 g/mol. The fourth-order valence-electron chi connectivity index (χ4n) is 4.73. The molecule has 1 fully saturated rings. The molecule has 1 unspecified atom stereocenters. The summed E-state index contributed by atoms with van der Waals surface area (Å²) >= 11 is 0. The van der Waals surface area contributed by atoms with Gasteiger partial charge in [-0.15, -0.1) is 0 Å². The molecule has 1 atom stereocenters. The van der Waals surface area contributed by atoms with E-state index in [1.165, 1.54) is 4.90 Å². The van der Waals surface area contributed by atoms with E-state index in [1.807, 2.05) is 60.7 Å². The van der Waals surface area contributed by atoms with E-state index in [9.17, 15) is 14.7 Å². The lowest BCUT2D eigenvalue weighted by atomic mass is 9.87. The molecule has 1 amide bonds. The molecule has 2 heterocycles. The van der Waals surface area contributed by atoms with Crippen LogP contribution in [0.2, 0.25) is 0 Å². The van der Waals surface area contributed by atoms with Crippen LogP contribution in [0.1, 0.15) is 43.5 Å². The molecule has 0 radical (unpaired) electrons. The fraction of sp³-hybridized carbons (Fsp3) is 0.200. The van der Waals surface area contributed by atoms with Crippen molar-refractivity contribution in [3.8, 4) is 5.75 Å². The number of fused-ring (bicyclic) bond motifs is 1. The molecule has 182 valence electrons. The summed E-state index contributed by atoms with van der Waals surface area (Å²) in [5, 5.41) is 12.2. The predicted octanol–water partition coefficient (Wildman–Crippen LogP) is 6.10. The number of H-pyrrole nitrogens is 1. The van der Waals surface area contributed by atoms with E-state index in [1.54, 1.807) is 25.4 Å². The Morgan fingerprint density at radius 1 is 0.944 bits per heavy atom. The maximum atomic E-state index is 13.5. The van der Waals surface area contributed by atoms with E-state index in [0.29, 0.717) is 22.6 Å². The summed E-state index contributed by atoms with van der Waals surface area (Å²) in [5.74, 6) is -0.957. The number of benzene rings is 3. The zero-order valence-corrected chi connectivity index (χ0v) is 20.7. The van der Waals surface area contributed by atoms with Crippen molar-refractivity contribution in [2.45, 2.75) is 32.2 Å². The number of hydrogen-bond acceptors (Lipinski definition) is 4. The first-order valence-electron chi connectivity index (χ1n) is 11.8. The van der Waals surface area contributed by atoms with Gasteiger partial charge in [-0.2, -0.15) is 0 Å². The summed E-state index contributed by atoms with van der Waals surface area (Å²) in [5.41, 5.74) is 3.69. The first kappa shape index (κ1) is 23.4. The van der Waals surface area contributed by atoms with Crippen LogP contribution >= 0.6 is 0 Å². The molecule has 1 aliphatic heterocycles. The van der Waals surface area contributed by atoms with Crippen LogP contribution in [0.4, 0.5) is 5.69 Å². The normalized spacial score (nSPS) is 17.7. The second-order valence-electron chi connectivity index (χ2n) is 9.99. The number of nitrogens with zero attached hydrogens (tertiary/aromatic N) is 1. The van der Waals surface area contributed by atoms with Gasteiger partial charge in [-0.1, -0.05) is 63.2 Å². The van der Waals surface area contributed by atoms with E-state index in [4.69, 9.17) is 4.74 Å². The highest BCUT2D eigenvalue weighted by atomic mass is 16.5. The number of hydrogen-bond donors (Lipinski definition) is 2. The molecule has 5 rings (SSSR count). The number of nitrogens with one attached hydrogen (secondary N) is 1. The third-order valence-corrected chi connectivity index (χ3v) is 6.73.